The van der Waals surface area contributed by atoms with E-state index in [0.29, 0.717) is 0 Å². The van der Waals surface area contributed by atoms with Gasteiger partial charge in [-0.15, -0.1) is 0 Å². The van der Waals surface area contributed by atoms with Gasteiger partial charge >= 0.3 is 0 Å². The molecule has 0 unspecified atom stereocenters. The summed E-state index contributed by atoms with van der Waals surface area (Å²) in [4.78, 5) is 4.96. The molecule has 5 rings (SSSR count). The van der Waals surface area contributed by atoms with E-state index in [1.54, 1.807) is 0 Å². The maximum atomic E-state index is 6.76. The fourth-order valence-electron chi connectivity index (χ4n) is 5.53. The third-order valence-corrected chi connectivity index (χ3v) is 7.18. The summed E-state index contributed by atoms with van der Waals surface area (Å²) >= 11 is 0. The summed E-state index contributed by atoms with van der Waals surface area (Å²) < 4.78 is 2.30. The highest BCUT2D eigenvalue weighted by Crippen LogP contribution is 2.43. The van der Waals surface area contributed by atoms with Crippen LogP contribution in [0.4, 0.5) is 0 Å². The first-order chi connectivity index (χ1) is 15.6. The number of nitrogens with zero attached hydrogens (tertiary/aromatic N) is 2. The van der Waals surface area contributed by atoms with Crippen LogP contribution in [-0.4, -0.2) is 15.1 Å². The Balaban J connectivity index is 1.76. The third-order valence-electron chi connectivity index (χ3n) is 7.18. The van der Waals surface area contributed by atoms with Crippen molar-refractivity contribution in [3.63, 3.8) is 0 Å². The van der Waals surface area contributed by atoms with Crippen LogP contribution in [0.3, 0.4) is 0 Å². The van der Waals surface area contributed by atoms with Gasteiger partial charge in [-0.2, -0.15) is 0 Å². The van der Waals surface area contributed by atoms with Gasteiger partial charge in [-0.1, -0.05) is 104 Å². The molecule has 1 aliphatic carbocycles. The highest BCUT2D eigenvalue weighted by Gasteiger charge is 2.40. The van der Waals surface area contributed by atoms with Gasteiger partial charge in [0.05, 0.1) is 12.0 Å². The van der Waals surface area contributed by atoms with E-state index in [4.69, 9.17) is 10.7 Å². The summed E-state index contributed by atoms with van der Waals surface area (Å²) in [5.74, 6) is 0.275. The van der Waals surface area contributed by atoms with Crippen LogP contribution in [0.15, 0.2) is 104 Å². The van der Waals surface area contributed by atoms with E-state index in [-0.39, 0.29) is 11.5 Å². The second-order valence-corrected chi connectivity index (χ2v) is 9.32. The van der Waals surface area contributed by atoms with Gasteiger partial charge < -0.3 is 10.3 Å². The number of benzene rings is 3. The standard InChI is InChI=1S/C29H31N3/c1-28(30)20-12-11-19-26(28)27-21-32(22-31-27)29(23-13-5-2-6-14-23,24-15-7-3-8-16-24)25-17-9-4-10-18-25/h2-10,13-18,21-22,26H,11-12,19-20,30H2,1H3/t26-,28-/m1/s1. The second kappa shape index (κ2) is 8.40. The average molecular weight is 422 g/mol. The molecule has 0 amide bonds. The molecule has 1 saturated carbocycles. The Morgan fingerprint density at radius 1 is 0.812 bits per heavy atom. The smallest absolute Gasteiger partial charge is 0.121 e. The van der Waals surface area contributed by atoms with Crippen molar-refractivity contribution in [3.05, 3.63) is 126 Å². The van der Waals surface area contributed by atoms with Crippen LogP contribution >= 0.6 is 0 Å². The number of imidazole rings is 1. The van der Waals surface area contributed by atoms with Gasteiger partial charge in [-0.05, 0) is 36.5 Å². The van der Waals surface area contributed by atoms with Crippen molar-refractivity contribution in [1.29, 1.82) is 0 Å². The minimum Gasteiger partial charge on any atom is -0.325 e. The quantitative estimate of drug-likeness (QED) is 0.396. The van der Waals surface area contributed by atoms with Crippen LogP contribution < -0.4 is 5.73 Å². The van der Waals surface area contributed by atoms with E-state index in [1.165, 1.54) is 29.5 Å². The molecule has 2 atom stereocenters. The Labute approximate surface area is 190 Å². The van der Waals surface area contributed by atoms with Gasteiger partial charge in [0.2, 0.25) is 0 Å². The van der Waals surface area contributed by atoms with Gasteiger partial charge in [-0.25, -0.2) is 4.98 Å². The molecule has 1 fully saturated rings. The largest absolute Gasteiger partial charge is 0.325 e. The van der Waals surface area contributed by atoms with Crippen LogP contribution in [0.2, 0.25) is 0 Å². The van der Waals surface area contributed by atoms with Crippen molar-refractivity contribution in [2.75, 3.05) is 0 Å². The van der Waals surface area contributed by atoms with Crippen LogP contribution in [0.25, 0.3) is 0 Å². The van der Waals surface area contributed by atoms with Crippen molar-refractivity contribution in [2.45, 2.75) is 49.6 Å². The molecule has 4 aromatic rings. The van der Waals surface area contributed by atoms with E-state index in [9.17, 15) is 0 Å². The van der Waals surface area contributed by atoms with Crippen molar-refractivity contribution in [1.82, 2.24) is 9.55 Å². The lowest BCUT2D eigenvalue weighted by Gasteiger charge is -2.38. The van der Waals surface area contributed by atoms with Crippen LogP contribution in [0, 0.1) is 0 Å². The summed E-state index contributed by atoms with van der Waals surface area (Å²) in [7, 11) is 0. The van der Waals surface area contributed by atoms with E-state index < -0.39 is 5.54 Å². The zero-order valence-corrected chi connectivity index (χ0v) is 18.7. The normalized spacial score (nSPS) is 21.4. The number of hydrogen-bond donors (Lipinski definition) is 1. The Morgan fingerprint density at radius 2 is 1.31 bits per heavy atom. The monoisotopic (exact) mass is 421 g/mol. The molecule has 1 aliphatic rings. The molecule has 3 heteroatoms. The molecule has 1 heterocycles. The summed E-state index contributed by atoms with van der Waals surface area (Å²) in [6.45, 7) is 2.19. The summed E-state index contributed by atoms with van der Waals surface area (Å²) in [6, 6.07) is 32.2. The average Bonchev–Trinajstić information content (AvgIpc) is 3.31. The van der Waals surface area contributed by atoms with Crippen LogP contribution in [0.5, 0.6) is 0 Å². The first-order valence-electron chi connectivity index (χ1n) is 11.6. The molecule has 1 aromatic heterocycles. The topological polar surface area (TPSA) is 43.8 Å². The van der Waals surface area contributed by atoms with Crippen molar-refractivity contribution >= 4 is 0 Å². The zero-order valence-electron chi connectivity index (χ0n) is 18.7. The highest BCUT2D eigenvalue weighted by atomic mass is 15.1. The SMILES string of the molecule is C[C@@]1(N)CCCC[C@@H]1c1cn(C(c2ccccc2)(c2ccccc2)c2ccccc2)cn1. The minimum atomic E-state index is -0.519. The Kier molecular flexibility index (Phi) is 5.44. The fourth-order valence-corrected chi connectivity index (χ4v) is 5.53. The molecule has 162 valence electrons. The third kappa shape index (κ3) is 3.47. The molecule has 0 aliphatic heterocycles. The number of aromatic nitrogens is 2. The second-order valence-electron chi connectivity index (χ2n) is 9.32. The Bertz CT molecular complexity index is 1050. The summed E-state index contributed by atoms with van der Waals surface area (Å²) in [5.41, 5.74) is 10.7. The predicted octanol–water partition coefficient (Wildman–Crippen LogP) is 6.10. The fraction of sp³-hybridized carbons (Fsp3) is 0.276. The van der Waals surface area contributed by atoms with E-state index in [1.807, 2.05) is 6.33 Å². The number of hydrogen-bond acceptors (Lipinski definition) is 2. The van der Waals surface area contributed by atoms with Crippen molar-refractivity contribution in [2.24, 2.45) is 5.73 Å². The lowest BCUT2D eigenvalue weighted by Crippen LogP contribution is -2.45. The predicted molar refractivity (Wildman–Crippen MR) is 131 cm³/mol. The molecular formula is C29H31N3. The first kappa shape index (κ1) is 20.7. The van der Waals surface area contributed by atoms with E-state index in [2.05, 4.69) is 109 Å². The van der Waals surface area contributed by atoms with Gasteiger partial charge in [0.1, 0.15) is 5.54 Å². The minimum absolute atomic E-state index is 0.216. The maximum absolute atomic E-state index is 6.76. The van der Waals surface area contributed by atoms with Crippen molar-refractivity contribution in [3.8, 4) is 0 Å². The van der Waals surface area contributed by atoms with E-state index in [0.717, 1.165) is 18.5 Å². The van der Waals surface area contributed by atoms with Gasteiger partial charge in [0, 0.05) is 17.7 Å². The van der Waals surface area contributed by atoms with Gasteiger partial charge in [0.15, 0.2) is 0 Å². The Hall–Kier alpha value is -3.17. The van der Waals surface area contributed by atoms with Crippen LogP contribution in [0.1, 0.15) is 60.9 Å². The van der Waals surface area contributed by atoms with Gasteiger partial charge in [0.25, 0.3) is 0 Å². The molecule has 3 aromatic carbocycles. The highest BCUT2D eigenvalue weighted by molar-refractivity contribution is 5.50. The summed E-state index contributed by atoms with van der Waals surface area (Å²) in [6.07, 6.45) is 8.81. The molecule has 0 radical (unpaired) electrons. The zero-order chi connectivity index (χ0) is 22.0. The lowest BCUT2D eigenvalue weighted by atomic mass is 9.73. The molecule has 2 N–H and O–H groups in total. The Morgan fingerprint density at radius 3 is 1.78 bits per heavy atom. The number of nitrogens with two attached hydrogens (primary N) is 1. The molecule has 0 saturated heterocycles. The number of rotatable bonds is 5. The summed E-state index contributed by atoms with van der Waals surface area (Å²) in [5, 5.41) is 0. The first-order valence-corrected chi connectivity index (χ1v) is 11.6. The van der Waals surface area contributed by atoms with Crippen LogP contribution in [-0.2, 0) is 5.54 Å². The molecule has 0 bridgehead atoms. The van der Waals surface area contributed by atoms with Crippen molar-refractivity contribution < 1.29 is 0 Å². The molecule has 0 spiro atoms. The lowest BCUT2D eigenvalue weighted by molar-refractivity contribution is 0.270. The van der Waals surface area contributed by atoms with E-state index >= 15 is 0 Å². The molecule has 32 heavy (non-hydrogen) atoms. The van der Waals surface area contributed by atoms with Gasteiger partial charge in [-0.3, -0.25) is 0 Å². The molecular weight excluding hydrogens is 390 g/mol. The maximum Gasteiger partial charge on any atom is 0.121 e. The molecule has 3 nitrogen and oxygen atoms in total.